The van der Waals surface area contributed by atoms with Crippen molar-refractivity contribution in [2.75, 3.05) is 12.0 Å². The molecule has 0 radical (unpaired) electrons. The van der Waals surface area contributed by atoms with Crippen LogP contribution >= 0.6 is 34.9 Å². The lowest BCUT2D eigenvalue weighted by Crippen LogP contribution is -2.31. The number of thiophene rings is 1. The van der Waals surface area contributed by atoms with Gasteiger partial charge in [0.2, 0.25) is 0 Å². The number of hydrogen-bond acceptors (Lipinski definition) is 6. The largest absolute Gasteiger partial charge is 0.370 e. The van der Waals surface area contributed by atoms with Gasteiger partial charge in [-0.2, -0.15) is 0 Å². The van der Waals surface area contributed by atoms with E-state index in [0.29, 0.717) is 6.61 Å². The quantitative estimate of drug-likeness (QED) is 0.401. The fourth-order valence-electron chi connectivity index (χ4n) is 2.68. The molecule has 0 bridgehead atoms. The number of ether oxygens (including phenoxy) is 1. The second-order valence-corrected chi connectivity index (χ2v) is 9.90. The van der Waals surface area contributed by atoms with Crippen LogP contribution in [0.25, 0.3) is 10.2 Å². The first-order valence-corrected chi connectivity index (χ1v) is 11.1. The Labute approximate surface area is 151 Å². The molecule has 1 aliphatic rings. The van der Waals surface area contributed by atoms with Crippen molar-refractivity contribution in [2.24, 2.45) is 5.92 Å². The first-order chi connectivity index (χ1) is 10.9. The van der Waals surface area contributed by atoms with E-state index in [1.807, 2.05) is 18.0 Å². The van der Waals surface area contributed by atoms with E-state index in [1.165, 1.54) is 22.2 Å². The van der Waals surface area contributed by atoms with E-state index in [-0.39, 0.29) is 5.60 Å². The second kappa shape index (κ2) is 6.90. The number of thioether (sulfide) groups is 2. The molecule has 0 aromatic carbocycles. The van der Waals surface area contributed by atoms with Crippen LogP contribution in [0.4, 0.5) is 0 Å². The Morgan fingerprint density at radius 1 is 1.30 bits per heavy atom. The van der Waals surface area contributed by atoms with Gasteiger partial charge in [0.25, 0.3) is 0 Å². The normalized spacial score (nSPS) is 17.0. The molecule has 3 rings (SSSR count). The zero-order valence-electron chi connectivity index (χ0n) is 14.4. The van der Waals surface area contributed by atoms with Crippen molar-refractivity contribution < 1.29 is 4.74 Å². The maximum atomic E-state index is 5.98. The van der Waals surface area contributed by atoms with Gasteiger partial charge in [0.05, 0.1) is 12.2 Å². The molecule has 0 atom stereocenters. The van der Waals surface area contributed by atoms with Crippen LogP contribution in [0.5, 0.6) is 0 Å². The fraction of sp³-hybridized carbons (Fsp3) is 0.647. The molecule has 23 heavy (non-hydrogen) atoms. The van der Waals surface area contributed by atoms with Crippen molar-refractivity contribution >= 4 is 45.1 Å². The van der Waals surface area contributed by atoms with Crippen LogP contribution in [0, 0.1) is 5.92 Å². The minimum Gasteiger partial charge on any atom is -0.370 e. The first-order valence-electron chi connectivity index (χ1n) is 8.02. The van der Waals surface area contributed by atoms with Gasteiger partial charge in [0.1, 0.15) is 9.86 Å². The van der Waals surface area contributed by atoms with Crippen LogP contribution in [0.1, 0.15) is 44.6 Å². The standard InChI is InChI=1S/C17H24N2OS3/c1-10(2)6-7-22-14-13-11-8-17(3,4)20-9-12(11)23-15(13)19-16(18-14)21-5/h10H,6-9H2,1-5H3. The Kier molecular flexibility index (Phi) is 5.26. The number of fused-ring (bicyclic) bond motifs is 3. The van der Waals surface area contributed by atoms with Crippen LogP contribution in [-0.2, 0) is 17.8 Å². The molecular formula is C17H24N2OS3. The van der Waals surface area contributed by atoms with Crippen molar-refractivity contribution in [2.45, 2.75) is 62.9 Å². The smallest absolute Gasteiger partial charge is 0.189 e. The summed E-state index contributed by atoms with van der Waals surface area (Å²) in [6.07, 6.45) is 4.21. The monoisotopic (exact) mass is 368 g/mol. The summed E-state index contributed by atoms with van der Waals surface area (Å²) in [5.74, 6) is 1.84. The minimum atomic E-state index is -0.0982. The van der Waals surface area contributed by atoms with E-state index in [9.17, 15) is 0 Å². The molecule has 6 heteroatoms. The number of nitrogens with zero attached hydrogens (tertiary/aromatic N) is 2. The molecule has 3 heterocycles. The van der Waals surface area contributed by atoms with E-state index >= 15 is 0 Å². The van der Waals surface area contributed by atoms with E-state index < -0.39 is 0 Å². The summed E-state index contributed by atoms with van der Waals surface area (Å²) in [5, 5.41) is 3.33. The van der Waals surface area contributed by atoms with Crippen LogP contribution in [0.3, 0.4) is 0 Å². The molecule has 0 saturated heterocycles. The molecule has 2 aromatic heterocycles. The molecule has 0 unspecified atom stereocenters. The van der Waals surface area contributed by atoms with Crippen LogP contribution in [0.15, 0.2) is 10.2 Å². The molecule has 0 N–H and O–H groups in total. The molecule has 0 saturated carbocycles. The Morgan fingerprint density at radius 3 is 2.78 bits per heavy atom. The molecule has 0 spiro atoms. The lowest BCUT2D eigenvalue weighted by molar-refractivity contribution is -0.0379. The highest BCUT2D eigenvalue weighted by atomic mass is 32.2. The van der Waals surface area contributed by atoms with Gasteiger partial charge < -0.3 is 4.74 Å². The Bertz CT molecular complexity index is 709. The summed E-state index contributed by atoms with van der Waals surface area (Å²) < 4.78 is 5.98. The van der Waals surface area contributed by atoms with Gasteiger partial charge in [-0.1, -0.05) is 25.6 Å². The molecule has 3 nitrogen and oxygen atoms in total. The third-order valence-corrected chi connectivity index (χ3v) is 6.65. The van der Waals surface area contributed by atoms with Gasteiger partial charge in [-0.05, 0) is 43.8 Å². The average Bonchev–Trinajstić information content (AvgIpc) is 2.83. The molecule has 0 amide bonds. The second-order valence-electron chi connectivity index (χ2n) is 6.96. The zero-order valence-corrected chi connectivity index (χ0v) is 16.9. The first kappa shape index (κ1) is 17.5. The minimum absolute atomic E-state index is 0.0982. The van der Waals surface area contributed by atoms with Crippen molar-refractivity contribution in [1.29, 1.82) is 0 Å². The number of aromatic nitrogens is 2. The van der Waals surface area contributed by atoms with Crippen LogP contribution in [-0.4, -0.2) is 27.6 Å². The van der Waals surface area contributed by atoms with Gasteiger partial charge in [0, 0.05) is 16.7 Å². The van der Waals surface area contributed by atoms with Crippen molar-refractivity contribution in [3.8, 4) is 0 Å². The molecule has 2 aromatic rings. The van der Waals surface area contributed by atoms with Gasteiger partial charge in [-0.3, -0.25) is 0 Å². The van der Waals surface area contributed by atoms with Gasteiger partial charge in [-0.15, -0.1) is 23.1 Å². The molecule has 0 fully saturated rings. The summed E-state index contributed by atoms with van der Waals surface area (Å²) >= 11 is 5.29. The van der Waals surface area contributed by atoms with E-state index in [4.69, 9.17) is 14.7 Å². The maximum Gasteiger partial charge on any atom is 0.189 e. The lowest BCUT2D eigenvalue weighted by Gasteiger charge is -2.30. The van der Waals surface area contributed by atoms with E-state index in [2.05, 4.69) is 27.7 Å². The van der Waals surface area contributed by atoms with E-state index in [1.54, 1.807) is 23.1 Å². The van der Waals surface area contributed by atoms with Crippen LogP contribution in [0.2, 0.25) is 0 Å². The highest BCUT2D eigenvalue weighted by Crippen LogP contribution is 2.42. The average molecular weight is 369 g/mol. The molecular weight excluding hydrogens is 344 g/mol. The highest BCUT2D eigenvalue weighted by Gasteiger charge is 2.31. The summed E-state index contributed by atoms with van der Waals surface area (Å²) in [7, 11) is 0. The Balaban J connectivity index is 2.03. The van der Waals surface area contributed by atoms with Gasteiger partial charge >= 0.3 is 0 Å². The summed E-state index contributed by atoms with van der Waals surface area (Å²) in [6, 6.07) is 0. The lowest BCUT2D eigenvalue weighted by atomic mass is 9.95. The van der Waals surface area contributed by atoms with Crippen molar-refractivity contribution in [1.82, 2.24) is 9.97 Å². The number of rotatable bonds is 5. The summed E-state index contributed by atoms with van der Waals surface area (Å²) in [4.78, 5) is 12.0. The number of hydrogen-bond donors (Lipinski definition) is 0. The Morgan fingerprint density at radius 2 is 2.09 bits per heavy atom. The van der Waals surface area contributed by atoms with Gasteiger partial charge in [0.15, 0.2) is 5.16 Å². The summed E-state index contributed by atoms with van der Waals surface area (Å²) in [6.45, 7) is 9.59. The maximum absolute atomic E-state index is 5.98. The predicted octanol–water partition coefficient (Wildman–Crippen LogP) is 5.40. The van der Waals surface area contributed by atoms with Crippen molar-refractivity contribution in [3.05, 3.63) is 10.4 Å². The zero-order chi connectivity index (χ0) is 16.6. The predicted molar refractivity (Wildman–Crippen MR) is 102 cm³/mol. The molecule has 126 valence electrons. The third kappa shape index (κ3) is 3.86. The summed E-state index contributed by atoms with van der Waals surface area (Å²) in [5.41, 5.74) is 1.32. The van der Waals surface area contributed by atoms with Gasteiger partial charge in [-0.25, -0.2) is 9.97 Å². The Hall–Kier alpha value is -0.300. The molecule has 1 aliphatic heterocycles. The SMILES string of the molecule is CSc1nc(SCCC(C)C)c2c3c(sc2n1)COC(C)(C)C3. The van der Waals surface area contributed by atoms with E-state index in [0.717, 1.165) is 33.1 Å². The van der Waals surface area contributed by atoms with Crippen molar-refractivity contribution in [3.63, 3.8) is 0 Å². The van der Waals surface area contributed by atoms with Crippen LogP contribution < -0.4 is 0 Å². The highest BCUT2D eigenvalue weighted by molar-refractivity contribution is 7.99. The third-order valence-electron chi connectivity index (χ3n) is 3.99. The molecule has 0 aliphatic carbocycles. The fourth-order valence-corrected chi connectivity index (χ4v) is 5.63. The topological polar surface area (TPSA) is 35.0 Å².